The molecule has 0 spiro atoms. The predicted molar refractivity (Wildman–Crippen MR) is 119 cm³/mol. The van der Waals surface area contributed by atoms with E-state index in [0.29, 0.717) is 27.1 Å². The third-order valence-electron chi connectivity index (χ3n) is 4.04. The second-order valence-corrected chi connectivity index (χ2v) is 8.13. The van der Waals surface area contributed by atoms with Crippen molar-refractivity contribution >= 4 is 51.9 Å². The summed E-state index contributed by atoms with van der Waals surface area (Å²) in [5, 5.41) is 4.90. The molecule has 2 amide bonds. The number of anilines is 1. The van der Waals surface area contributed by atoms with Crippen LogP contribution < -0.4 is 20.1 Å². The highest BCUT2D eigenvalue weighted by molar-refractivity contribution is 8.26. The van der Waals surface area contributed by atoms with Gasteiger partial charge in [-0.05, 0) is 48.9 Å². The summed E-state index contributed by atoms with van der Waals surface area (Å²) in [5.74, 6) is -0.304. The molecule has 1 fully saturated rings. The van der Waals surface area contributed by atoms with E-state index in [-0.39, 0.29) is 17.3 Å². The van der Waals surface area contributed by atoms with Crippen LogP contribution in [0.15, 0.2) is 47.4 Å². The number of amides is 2. The third kappa shape index (κ3) is 6.24. The highest BCUT2D eigenvalue weighted by atomic mass is 32.2. The van der Waals surface area contributed by atoms with E-state index < -0.39 is 24.3 Å². The number of carbonyl (C=O) groups excluding carboxylic acids is 2. The molecule has 0 atom stereocenters. The summed E-state index contributed by atoms with van der Waals surface area (Å²) in [4.78, 5) is 24.4. The summed E-state index contributed by atoms with van der Waals surface area (Å²) in [6.45, 7) is 1.66. The van der Waals surface area contributed by atoms with Crippen molar-refractivity contribution in [2.24, 2.45) is 0 Å². The van der Waals surface area contributed by atoms with E-state index in [9.17, 15) is 22.8 Å². The van der Waals surface area contributed by atoms with E-state index in [2.05, 4.69) is 10.6 Å². The van der Waals surface area contributed by atoms with Crippen molar-refractivity contribution in [1.29, 1.82) is 0 Å². The van der Waals surface area contributed by atoms with Crippen molar-refractivity contribution in [3.8, 4) is 11.5 Å². The molecule has 1 heterocycles. The van der Waals surface area contributed by atoms with Gasteiger partial charge in [0.1, 0.15) is 4.32 Å². The lowest BCUT2D eigenvalue weighted by molar-refractivity contribution is -0.137. The maximum absolute atomic E-state index is 12.8. The van der Waals surface area contributed by atoms with Gasteiger partial charge in [0.05, 0.1) is 17.1 Å². The van der Waals surface area contributed by atoms with Crippen molar-refractivity contribution in [3.63, 3.8) is 0 Å². The van der Waals surface area contributed by atoms with Gasteiger partial charge in [-0.1, -0.05) is 36.1 Å². The van der Waals surface area contributed by atoms with Crippen LogP contribution in [0.4, 0.5) is 18.9 Å². The Bertz CT molecular complexity index is 1090. The first kappa shape index (κ1) is 23.6. The minimum Gasteiger partial charge on any atom is -0.490 e. The van der Waals surface area contributed by atoms with E-state index in [1.54, 1.807) is 31.2 Å². The van der Waals surface area contributed by atoms with Gasteiger partial charge in [-0.25, -0.2) is 0 Å². The number of hydrogen-bond acceptors (Lipinski definition) is 6. The Hall–Kier alpha value is -3.05. The molecule has 0 radical (unpaired) electrons. The number of carbonyl (C=O) groups is 2. The highest BCUT2D eigenvalue weighted by Gasteiger charge is 2.30. The van der Waals surface area contributed by atoms with Gasteiger partial charge in [0.15, 0.2) is 18.1 Å². The van der Waals surface area contributed by atoms with Gasteiger partial charge in [-0.3, -0.25) is 9.59 Å². The standard InChI is InChI=1S/C21H17F3N2O4S2/c1-2-29-16-8-12(9-17-19(28)26-20(31)32-17)6-7-15(16)30-11-18(27)25-14-5-3-4-13(10-14)21(22,23)24/h3-10H,2,11H2,1H3,(H,25,27)(H,26,28,31)/b17-9-. The first-order chi connectivity index (χ1) is 15.2. The second kappa shape index (κ2) is 10.0. The summed E-state index contributed by atoms with van der Waals surface area (Å²) in [6.07, 6.45) is -2.87. The normalized spacial score (nSPS) is 14.9. The number of rotatable bonds is 7. The summed E-state index contributed by atoms with van der Waals surface area (Å²) in [6, 6.07) is 9.20. The molecule has 0 aliphatic carbocycles. The molecule has 6 nitrogen and oxygen atoms in total. The summed E-state index contributed by atoms with van der Waals surface area (Å²) < 4.78 is 49.8. The molecule has 168 valence electrons. The van der Waals surface area contributed by atoms with Gasteiger partial charge >= 0.3 is 6.18 Å². The number of thiocarbonyl (C=S) groups is 1. The molecule has 2 aromatic rings. The fraction of sp³-hybridized carbons (Fsp3) is 0.190. The molecule has 11 heteroatoms. The summed E-state index contributed by atoms with van der Waals surface area (Å²) in [5.41, 5.74) is -0.198. The van der Waals surface area contributed by atoms with Gasteiger partial charge < -0.3 is 20.1 Å². The van der Waals surface area contributed by atoms with Crippen LogP contribution in [0.5, 0.6) is 11.5 Å². The first-order valence-corrected chi connectivity index (χ1v) is 10.5. The SMILES string of the molecule is CCOc1cc(/C=C2\SC(=S)NC2=O)ccc1OCC(=O)Nc1cccc(C(F)(F)F)c1. The Morgan fingerprint density at radius 3 is 2.62 bits per heavy atom. The Labute approximate surface area is 191 Å². The average molecular weight is 483 g/mol. The van der Waals surface area contributed by atoms with Crippen LogP contribution in [-0.2, 0) is 15.8 Å². The number of thioether (sulfide) groups is 1. The van der Waals surface area contributed by atoms with E-state index in [1.165, 1.54) is 12.1 Å². The number of halogens is 3. The largest absolute Gasteiger partial charge is 0.490 e. The van der Waals surface area contributed by atoms with E-state index in [0.717, 1.165) is 23.9 Å². The first-order valence-electron chi connectivity index (χ1n) is 9.27. The molecule has 1 aliphatic rings. The van der Waals surface area contributed by atoms with Crippen LogP contribution in [0.25, 0.3) is 6.08 Å². The van der Waals surface area contributed by atoms with E-state index >= 15 is 0 Å². The monoisotopic (exact) mass is 482 g/mol. The molecule has 0 unspecified atom stereocenters. The zero-order valence-corrected chi connectivity index (χ0v) is 18.2. The van der Waals surface area contributed by atoms with Crippen molar-refractivity contribution in [1.82, 2.24) is 5.32 Å². The maximum atomic E-state index is 12.8. The van der Waals surface area contributed by atoms with Crippen LogP contribution in [0.1, 0.15) is 18.1 Å². The fourth-order valence-corrected chi connectivity index (χ4v) is 3.73. The number of nitrogens with one attached hydrogen (secondary N) is 2. The quantitative estimate of drug-likeness (QED) is 0.444. The van der Waals surface area contributed by atoms with Crippen LogP contribution >= 0.6 is 24.0 Å². The summed E-state index contributed by atoms with van der Waals surface area (Å²) >= 11 is 6.11. The van der Waals surface area contributed by atoms with Crippen LogP contribution in [0.2, 0.25) is 0 Å². The van der Waals surface area contributed by atoms with Crippen LogP contribution in [0.3, 0.4) is 0 Å². The van der Waals surface area contributed by atoms with Gasteiger partial charge in [0.25, 0.3) is 11.8 Å². The van der Waals surface area contributed by atoms with E-state index in [1.807, 2.05) is 0 Å². The fourth-order valence-electron chi connectivity index (χ4n) is 2.69. The average Bonchev–Trinajstić information content (AvgIpc) is 3.04. The van der Waals surface area contributed by atoms with Crippen LogP contribution in [-0.4, -0.2) is 29.3 Å². The number of ether oxygens (including phenoxy) is 2. The molecule has 3 rings (SSSR count). The van der Waals surface area contributed by atoms with Crippen molar-refractivity contribution in [3.05, 3.63) is 58.5 Å². The number of alkyl halides is 3. The minimum atomic E-state index is -4.51. The highest BCUT2D eigenvalue weighted by Crippen LogP contribution is 2.32. The molecular weight excluding hydrogens is 465 g/mol. The Morgan fingerprint density at radius 1 is 1.19 bits per heavy atom. The van der Waals surface area contributed by atoms with Gasteiger partial charge in [0.2, 0.25) is 0 Å². The molecule has 0 aromatic heterocycles. The van der Waals surface area contributed by atoms with E-state index in [4.69, 9.17) is 21.7 Å². The maximum Gasteiger partial charge on any atom is 0.416 e. The molecule has 1 saturated heterocycles. The van der Waals surface area contributed by atoms with Gasteiger partial charge in [-0.2, -0.15) is 13.2 Å². The topological polar surface area (TPSA) is 76.7 Å². The molecule has 2 N–H and O–H groups in total. The minimum absolute atomic E-state index is 0.00526. The van der Waals surface area contributed by atoms with Gasteiger partial charge in [0, 0.05) is 5.69 Å². The van der Waals surface area contributed by atoms with Crippen molar-refractivity contribution in [2.45, 2.75) is 13.1 Å². The van der Waals surface area contributed by atoms with Gasteiger partial charge in [-0.15, -0.1) is 0 Å². The van der Waals surface area contributed by atoms with Crippen LogP contribution in [0, 0.1) is 0 Å². The molecule has 32 heavy (non-hydrogen) atoms. The van der Waals surface area contributed by atoms with Crippen molar-refractivity contribution in [2.75, 3.05) is 18.5 Å². The number of hydrogen-bond donors (Lipinski definition) is 2. The lowest BCUT2D eigenvalue weighted by Gasteiger charge is -2.13. The Balaban J connectivity index is 1.68. The lowest BCUT2D eigenvalue weighted by atomic mass is 10.2. The zero-order valence-electron chi connectivity index (χ0n) is 16.6. The third-order valence-corrected chi connectivity index (χ3v) is 5.20. The molecule has 0 saturated carbocycles. The number of benzene rings is 2. The predicted octanol–water partition coefficient (Wildman–Crippen LogP) is 4.61. The molecule has 1 aliphatic heterocycles. The molecule has 2 aromatic carbocycles. The smallest absolute Gasteiger partial charge is 0.416 e. The Kier molecular flexibility index (Phi) is 7.41. The Morgan fingerprint density at radius 2 is 1.97 bits per heavy atom. The molecular formula is C21H17F3N2O4S2. The summed E-state index contributed by atoms with van der Waals surface area (Å²) in [7, 11) is 0. The zero-order chi connectivity index (χ0) is 23.3. The second-order valence-electron chi connectivity index (χ2n) is 6.41. The lowest BCUT2D eigenvalue weighted by Crippen LogP contribution is -2.20. The molecule has 0 bridgehead atoms. The van der Waals surface area contributed by atoms with Crippen molar-refractivity contribution < 1.29 is 32.2 Å².